The Hall–Kier alpha value is -5.71. The average molecular weight is 850 g/mol. The Kier molecular flexibility index (Phi) is 15.0. The van der Waals surface area contributed by atoms with E-state index in [4.69, 9.17) is 18.9 Å². The Morgan fingerprint density at radius 1 is 0.583 bits per heavy atom. The number of guanidine groups is 2. The highest BCUT2D eigenvalue weighted by atomic mass is 32.1. The van der Waals surface area contributed by atoms with Crippen LogP contribution in [0.15, 0.2) is 58.5 Å². The largest absolute Gasteiger partial charge is 0.444 e. The number of hydrogen-bond donors (Lipinski definition) is 3. The first-order valence-corrected chi connectivity index (χ1v) is 20.6. The summed E-state index contributed by atoms with van der Waals surface area (Å²) in [5.74, 6) is -0.187. The van der Waals surface area contributed by atoms with E-state index >= 15 is 0 Å². The van der Waals surface area contributed by atoms with Gasteiger partial charge in [-0.1, -0.05) is 24.3 Å². The quantitative estimate of drug-likeness (QED) is 0.151. The number of aliphatic imine (C=N–C) groups is 2. The molecule has 0 atom stereocenters. The number of alkyl carbamates (subject to hydrolysis) is 2. The van der Waals surface area contributed by atoms with Gasteiger partial charge in [0.1, 0.15) is 22.4 Å². The van der Waals surface area contributed by atoms with Crippen LogP contribution in [0, 0.1) is 0 Å². The summed E-state index contributed by atoms with van der Waals surface area (Å²) in [7, 11) is 0. The number of benzene rings is 1. The Morgan fingerprint density at radius 2 is 1.02 bits per heavy atom. The second-order valence-electron chi connectivity index (χ2n) is 18.1. The topological polar surface area (TPSA) is 190 Å². The van der Waals surface area contributed by atoms with Gasteiger partial charge in [0.05, 0.1) is 5.00 Å². The van der Waals surface area contributed by atoms with Gasteiger partial charge in [-0.05, 0) is 137 Å². The maximum atomic E-state index is 13.3. The normalized spacial score (nSPS) is 15.6. The first-order chi connectivity index (χ1) is 27.7. The summed E-state index contributed by atoms with van der Waals surface area (Å²) in [5, 5.41) is 8.88. The van der Waals surface area contributed by atoms with Crippen molar-refractivity contribution >= 4 is 69.7 Å². The third-order valence-corrected chi connectivity index (χ3v) is 9.18. The van der Waals surface area contributed by atoms with Crippen LogP contribution in [0.25, 0.3) is 11.1 Å². The van der Waals surface area contributed by atoms with Crippen molar-refractivity contribution in [1.29, 1.82) is 0 Å². The van der Waals surface area contributed by atoms with Crippen LogP contribution in [-0.4, -0.2) is 101 Å². The van der Waals surface area contributed by atoms with Crippen molar-refractivity contribution in [3.05, 3.63) is 64.6 Å². The van der Waals surface area contributed by atoms with Gasteiger partial charge in [-0.25, -0.2) is 19.2 Å². The number of carbonyl (C=O) groups excluding carboxylic acids is 5. The van der Waals surface area contributed by atoms with E-state index in [9.17, 15) is 24.0 Å². The first kappa shape index (κ1) is 47.0. The second kappa shape index (κ2) is 19.1. The van der Waals surface area contributed by atoms with Gasteiger partial charge in [-0.2, -0.15) is 0 Å². The Bertz CT molecular complexity index is 2040. The molecule has 5 amide bonds. The van der Waals surface area contributed by atoms with E-state index in [-0.39, 0.29) is 17.8 Å². The van der Waals surface area contributed by atoms with Crippen molar-refractivity contribution in [2.24, 2.45) is 9.98 Å². The summed E-state index contributed by atoms with van der Waals surface area (Å²) in [6.45, 7) is 22.5. The zero-order valence-corrected chi connectivity index (χ0v) is 37.5. The van der Waals surface area contributed by atoms with Gasteiger partial charge >= 0.3 is 24.4 Å². The van der Waals surface area contributed by atoms with Gasteiger partial charge in [0.2, 0.25) is 11.9 Å². The molecule has 0 radical (unpaired) electrons. The number of amides is 5. The molecule has 2 aliphatic heterocycles. The molecule has 0 saturated heterocycles. The van der Waals surface area contributed by atoms with Crippen molar-refractivity contribution in [2.45, 2.75) is 118 Å². The van der Waals surface area contributed by atoms with Gasteiger partial charge in [-0.15, -0.1) is 21.3 Å². The lowest BCUT2D eigenvalue weighted by molar-refractivity contribution is 0.0536. The fourth-order valence-electron chi connectivity index (χ4n) is 5.69. The van der Waals surface area contributed by atoms with Gasteiger partial charge in [0.25, 0.3) is 5.91 Å². The van der Waals surface area contributed by atoms with Crippen LogP contribution in [0.4, 0.5) is 24.2 Å². The maximum absolute atomic E-state index is 13.3. The summed E-state index contributed by atoms with van der Waals surface area (Å²) in [6, 6.07) is 11.1. The molecule has 0 spiro atoms. The van der Waals surface area contributed by atoms with Crippen LogP contribution in [0.1, 0.15) is 117 Å². The summed E-state index contributed by atoms with van der Waals surface area (Å²) in [5.41, 5.74) is 0.496. The molecule has 2 aromatic rings. The number of anilines is 1. The Morgan fingerprint density at radius 3 is 1.42 bits per heavy atom. The lowest BCUT2D eigenvalue weighted by Gasteiger charge is -2.30. The molecule has 326 valence electrons. The molecular formula is C43H59N7O9S. The molecular weight excluding hydrogens is 791 g/mol. The van der Waals surface area contributed by atoms with Crippen LogP contribution < -0.4 is 16.0 Å². The zero-order chi connectivity index (χ0) is 44.6. The van der Waals surface area contributed by atoms with E-state index in [0.29, 0.717) is 49.6 Å². The van der Waals surface area contributed by atoms with Gasteiger partial charge in [0.15, 0.2) is 0 Å². The number of rotatable bonds is 4. The molecule has 0 aliphatic carbocycles. The maximum Gasteiger partial charge on any atom is 0.437 e. The Balaban J connectivity index is 1.38. The Labute approximate surface area is 356 Å². The fourth-order valence-corrected chi connectivity index (χ4v) is 6.66. The lowest BCUT2D eigenvalue weighted by Crippen LogP contribution is -2.48. The van der Waals surface area contributed by atoms with Crippen LogP contribution in [-0.2, 0) is 18.9 Å². The van der Waals surface area contributed by atoms with Gasteiger partial charge in [-0.3, -0.25) is 15.4 Å². The summed E-state index contributed by atoms with van der Waals surface area (Å²) in [6.07, 6.45) is 2.01. The van der Waals surface area contributed by atoms with Crippen molar-refractivity contribution in [1.82, 2.24) is 20.4 Å². The predicted molar refractivity (Wildman–Crippen MR) is 233 cm³/mol. The number of nitrogens with one attached hydrogen (secondary N) is 3. The van der Waals surface area contributed by atoms with E-state index in [2.05, 4.69) is 25.9 Å². The number of hydrogen-bond acceptors (Lipinski definition) is 10. The van der Waals surface area contributed by atoms with Crippen LogP contribution in [0.5, 0.6) is 0 Å². The molecule has 0 saturated carbocycles. The third-order valence-electron chi connectivity index (χ3n) is 8.10. The predicted octanol–water partition coefficient (Wildman–Crippen LogP) is 8.81. The minimum absolute atomic E-state index is 0.0331. The average Bonchev–Trinajstić information content (AvgIpc) is 3.56. The molecule has 1 aromatic heterocycles. The van der Waals surface area contributed by atoms with Gasteiger partial charge in [0, 0.05) is 36.6 Å². The smallest absolute Gasteiger partial charge is 0.437 e. The number of carbonyl (C=O) groups is 5. The molecule has 0 unspecified atom stereocenters. The fraction of sp³-hybridized carbons (Fsp3) is 0.512. The highest BCUT2D eigenvalue weighted by Gasteiger charge is 2.27. The summed E-state index contributed by atoms with van der Waals surface area (Å²) < 4.78 is 21.5. The molecule has 17 heteroatoms. The standard InChI is InChI=1S/C43H59N7O9S/c1-40(2,3)56-36(52)45-34(46-37(53)57-41(4,5)6)49-23-19-28(20-24-49)27-13-15-30(16-14-27)33(51)44-32-18-17-31(60-32)29-21-25-50(26-22-29)35(47-38(54)58-42(7,8)9)48-39(55)59-43(10,11)12/h13-19,21H,20,22-26H2,1-12H3,(H,44,51)(H,45,46,52,53)(H,47,48,54,55). The third kappa shape index (κ3) is 15.8. The molecule has 0 fully saturated rings. The number of ether oxygens (including phenoxy) is 4. The van der Waals surface area contributed by atoms with Crippen LogP contribution in [0.3, 0.4) is 0 Å². The lowest BCUT2D eigenvalue weighted by atomic mass is 9.98. The number of thiophene rings is 1. The van der Waals surface area contributed by atoms with Crippen molar-refractivity contribution < 1.29 is 42.9 Å². The van der Waals surface area contributed by atoms with Crippen molar-refractivity contribution in [2.75, 3.05) is 31.5 Å². The molecule has 16 nitrogen and oxygen atoms in total. The molecule has 3 N–H and O–H groups in total. The van der Waals surface area contributed by atoms with E-state index in [1.165, 1.54) is 11.3 Å². The minimum Gasteiger partial charge on any atom is -0.444 e. The van der Waals surface area contributed by atoms with Gasteiger partial charge < -0.3 is 34.1 Å². The molecule has 2 aliphatic rings. The molecule has 4 rings (SSSR count). The monoisotopic (exact) mass is 849 g/mol. The summed E-state index contributed by atoms with van der Waals surface area (Å²) in [4.78, 5) is 76.3. The first-order valence-electron chi connectivity index (χ1n) is 19.8. The zero-order valence-electron chi connectivity index (χ0n) is 36.7. The van der Waals surface area contributed by atoms with Crippen LogP contribution >= 0.6 is 11.3 Å². The number of nitrogens with zero attached hydrogens (tertiary/aromatic N) is 4. The van der Waals surface area contributed by atoms with E-state index in [1.54, 1.807) is 105 Å². The molecule has 60 heavy (non-hydrogen) atoms. The minimum atomic E-state index is -0.831. The highest BCUT2D eigenvalue weighted by Crippen LogP contribution is 2.32. The van der Waals surface area contributed by atoms with Crippen LogP contribution in [0.2, 0.25) is 0 Å². The second-order valence-corrected chi connectivity index (χ2v) is 19.2. The molecule has 0 bridgehead atoms. The van der Waals surface area contributed by atoms with Crippen molar-refractivity contribution in [3.63, 3.8) is 0 Å². The summed E-state index contributed by atoms with van der Waals surface area (Å²) >= 11 is 1.45. The molecule has 3 heterocycles. The van der Waals surface area contributed by atoms with E-state index in [1.807, 2.05) is 36.4 Å². The van der Waals surface area contributed by atoms with E-state index in [0.717, 1.165) is 21.6 Å². The van der Waals surface area contributed by atoms with E-state index < -0.39 is 46.8 Å². The SMILES string of the molecule is CC(C)(C)OC(=O)N=C(NC(=O)OC(C)(C)C)N1CC=C(c2ccc(C(=O)Nc3ccc(C4=CCN(C(=NC(=O)OC(C)(C)C)NC(=O)OC(C)(C)C)CC4)s3)cc2)CC1. The molecule has 1 aromatic carbocycles. The highest BCUT2D eigenvalue weighted by molar-refractivity contribution is 7.17. The van der Waals surface area contributed by atoms with Crippen molar-refractivity contribution in [3.8, 4) is 0 Å².